The first kappa shape index (κ1) is 19.0. The zero-order valence-electron chi connectivity index (χ0n) is 15.6. The third-order valence-electron chi connectivity index (χ3n) is 5.18. The summed E-state index contributed by atoms with van der Waals surface area (Å²) < 4.78 is 10.6. The number of hydrogen-bond donors (Lipinski definition) is 2. The number of benzene rings is 1. The van der Waals surface area contributed by atoms with Gasteiger partial charge in [-0.15, -0.1) is 0 Å². The van der Waals surface area contributed by atoms with Gasteiger partial charge in [-0.05, 0) is 30.5 Å². The molecule has 0 amide bonds. The van der Waals surface area contributed by atoms with Crippen molar-refractivity contribution in [3.63, 3.8) is 0 Å². The maximum absolute atomic E-state index is 12.7. The van der Waals surface area contributed by atoms with Gasteiger partial charge in [-0.3, -0.25) is 9.59 Å². The van der Waals surface area contributed by atoms with Crippen LogP contribution in [-0.4, -0.2) is 36.0 Å². The highest BCUT2D eigenvalue weighted by molar-refractivity contribution is 6.05. The van der Waals surface area contributed by atoms with Crippen LogP contribution >= 0.6 is 0 Å². The highest BCUT2D eigenvalue weighted by Gasteiger charge is 2.37. The molecule has 0 aliphatic heterocycles. The molecule has 144 valence electrons. The van der Waals surface area contributed by atoms with Crippen molar-refractivity contribution >= 4 is 11.6 Å². The van der Waals surface area contributed by atoms with Crippen molar-refractivity contribution in [1.82, 2.24) is 0 Å². The average molecular weight is 372 g/mol. The minimum atomic E-state index is -0.814. The Kier molecular flexibility index (Phi) is 5.54. The molecule has 0 heterocycles. The van der Waals surface area contributed by atoms with Crippen molar-refractivity contribution in [3.8, 4) is 11.5 Å². The van der Waals surface area contributed by atoms with Gasteiger partial charge in [0.25, 0.3) is 0 Å². The van der Waals surface area contributed by atoms with Gasteiger partial charge >= 0.3 is 0 Å². The molecule has 2 aliphatic carbocycles. The summed E-state index contributed by atoms with van der Waals surface area (Å²) in [6, 6.07) is 5.11. The zero-order valence-corrected chi connectivity index (χ0v) is 15.6. The Morgan fingerprint density at radius 3 is 1.78 bits per heavy atom. The van der Waals surface area contributed by atoms with E-state index in [4.69, 9.17) is 9.47 Å². The SMILES string of the molecule is COc1ccc(C(C2=C(O)CCCC2=O)C2=C(O)CCCC2=O)cc1OC. The predicted molar refractivity (Wildman–Crippen MR) is 99.3 cm³/mol. The predicted octanol–water partition coefficient (Wildman–Crippen LogP) is 3.92. The van der Waals surface area contributed by atoms with Crippen LogP contribution in [0.25, 0.3) is 0 Å². The van der Waals surface area contributed by atoms with Crippen LogP contribution in [0.3, 0.4) is 0 Å². The van der Waals surface area contributed by atoms with Crippen molar-refractivity contribution in [2.45, 2.75) is 44.4 Å². The molecule has 3 rings (SSSR count). The number of rotatable bonds is 5. The summed E-state index contributed by atoms with van der Waals surface area (Å²) in [5.41, 5.74) is 0.997. The highest BCUT2D eigenvalue weighted by Crippen LogP contribution is 2.43. The van der Waals surface area contributed by atoms with Crippen LogP contribution in [0.4, 0.5) is 0 Å². The molecule has 2 aliphatic rings. The maximum Gasteiger partial charge on any atom is 0.163 e. The van der Waals surface area contributed by atoms with Gasteiger partial charge in [0.2, 0.25) is 0 Å². The summed E-state index contributed by atoms with van der Waals surface area (Å²) in [6.07, 6.45) is 2.54. The van der Waals surface area contributed by atoms with Crippen LogP contribution in [0.2, 0.25) is 0 Å². The molecule has 1 aromatic carbocycles. The number of allylic oxidation sites excluding steroid dienone is 4. The second-order valence-corrected chi connectivity index (χ2v) is 6.82. The second-order valence-electron chi connectivity index (χ2n) is 6.82. The first-order chi connectivity index (χ1) is 13.0. The van der Waals surface area contributed by atoms with Crippen molar-refractivity contribution in [3.05, 3.63) is 46.4 Å². The lowest BCUT2D eigenvalue weighted by atomic mass is 9.74. The lowest BCUT2D eigenvalue weighted by Crippen LogP contribution is -2.25. The largest absolute Gasteiger partial charge is 0.512 e. The fourth-order valence-electron chi connectivity index (χ4n) is 3.86. The molecule has 0 unspecified atom stereocenters. The van der Waals surface area contributed by atoms with Crippen LogP contribution in [0.5, 0.6) is 11.5 Å². The van der Waals surface area contributed by atoms with Crippen LogP contribution in [-0.2, 0) is 9.59 Å². The van der Waals surface area contributed by atoms with E-state index < -0.39 is 5.92 Å². The molecule has 0 saturated carbocycles. The van der Waals surface area contributed by atoms with E-state index in [1.807, 2.05) is 0 Å². The van der Waals surface area contributed by atoms with Crippen molar-refractivity contribution < 1.29 is 29.3 Å². The molecule has 6 heteroatoms. The van der Waals surface area contributed by atoms with Crippen LogP contribution < -0.4 is 9.47 Å². The Hall–Kier alpha value is -2.76. The second kappa shape index (κ2) is 7.86. The Labute approximate surface area is 158 Å². The summed E-state index contributed by atoms with van der Waals surface area (Å²) in [6.45, 7) is 0. The Bertz CT molecular complexity index is 791. The zero-order chi connectivity index (χ0) is 19.6. The minimum Gasteiger partial charge on any atom is -0.512 e. The summed E-state index contributed by atoms with van der Waals surface area (Å²) >= 11 is 0. The summed E-state index contributed by atoms with van der Waals surface area (Å²) in [4.78, 5) is 25.3. The van der Waals surface area contributed by atoms with Crippen molar-refractivity contribution in [2.24, 2.45) is 0 Å². The average Bonchev–Trinajstić information content (AvgIpc) is 2.65. The van der Waals surface area contributed by atoms with Crippen LogP contribution in [0.1, 0.15) is 50.0 Å². The normalized spacial score (nSPS) is 18.3. The Balaban J connectivity index is 2.23. The van der Waals surface area contributed by atoms with E-state index in [1.165, 1.54) is 14.2 Å². The van der Waals surface area contributed by atoms with Gasteiger partial charge in [0.15, 0.2) is 23.1 Å². The number of aliphatic hydroxyl groups is 2. The molecule has 1 aromatic rings. The van der Waals surface area contributed by atoms with E-state index in [1.54, 1.807) is 18.2 Å². The van der Waals surface area contributed by atoms with Crippen molar-refractivity contribution in [2.75, 3.05) is 14.2 Å². The van der Waals surface area contributed by atoms with Crippen LogP contribution in [0, 0.1) is 0 Å². The molecule has 6 nitrogen and oxygen atoms in total. The summed E-state index contributed by atoms with van der Waals surface area (Å²) in [7, 11) is 3.02. The topological polar surface area (TPSA) is 93.1 Å². The summed E-state index contributed by atoms with van der Waals surface area (Å²) in [5, 5.41) is 21.0. The molecule has 0 fully saturated rings. The molecular weight excluding hydrogens is 348 g/mol. The fourth-order valence-corrected chi connectivity index (χ4v) is 3.86. The molecule has 2 N–H and O–H groups in total. The number of aliphatic hydroxyl groups excluding tert-OH is 2. The number of hydrogen-bond acceptors (Lipinski definition) is 6. The maximum atomic E-state index is 12.7. The smallest absolute Gasteiger partial charge is 0.163 e. The number of carbonyl (C=O) groups is 2. The van der Waals surface area contributed by atoms with Crippen molar-refractivity contribution in [1.29, 1.82) is 0 Å². The first-order valence-corrected chi connectivity index (χ1v) is 9.10. The van der Waals surface area contributed by atoms with Gasteiger partial charge in [-0.2, -0.15) is 0 Å². The Morgan fingerprint density at radius 1 is 0.815 bits per heavy atom. The van der Waals surface area contributed by atoms with E-state index in [0.717, 1.165) is 0 Å². The fraction of sp³-hybridized carbons (Fsp3) is 0.429. The molecule has 27 heavy (non-hydrogen) atoms. The van der Waals surface area contributed by atoms with E-state index in [2.05, 4.69) is 0 Å². The Morgan fingerprint density at radius 2 is 1.33 bits per heavy atom. The quantitative estimate of drug-likeness (QED) is 0.814. The lowest BCUT2D eigenvalue weighted by molar-refractivity contribution is -0.117. The lowest BCUT2D eigenvalue weighted by Gasteiger charge is -2.29. The molecule has 0 aromatic heterocycles. The minimum absolute atomic E-state index is 0.00953. The molecule has 0 radical (unpaired) electrons. The first-order valence-electron chi connectivity index (χ1n) is 9.10. The third-order valence-corrected chi connectivity index (χ3v) is 5.18. The number of Topliss-reactive ketones (excluding diaryl/α,β-unsaturated/α-hetero) is 2. The van der Waals surface area contributed by atoms with E-state index in [9.17, 15) is 19.8 Å². The van der Waals surface area contributed by atoms with E-state index >= 15 is 0 Å². The van der Waals surface area contributed by atoms with Gasteiger partial charge in [0.05, 0.1) is 25.7 Å². The number of methoxy groups -OCH3 is 2. The highest BCUT2D eigenvalue weighted by atomic mass is 16.5. The number of ether oxygens (including phenoxy) is 2. The number of carbonyl (C=O) groups excluding carboxylic acids is 2. The third kappa shape index (κ3) is 3.56. The standard InChI is InChI=1S/C21H24O6/c1-26-17-10-9-12(11-18(17)27-2)19(20-13(22)5-3-6-14(20)23)21-15(24)7-4-8-16(21)25/h9-11,19,22,24H,3-8H2,1-2H3. The molecule has 0 atom stereocenters. The van der Waals surface area contributed by atoms with Gasteiger partial charge in [0.1, 0.15) is 0 Å². The molecular formula is C21H24O6. The van der Waals surface area contributed by atoms with Gasteiger partial charge < -0.3 is 19.7 Å². The summed E-state index contributed by atoms with van der Waals surface area (Å²) in [5.74, 6) is -0.262. The monoisotopic (exact) mass is 372 g/mol. The van der Waals surface area contributed by atoms with Gasteiger partial charge in [-0.25, -0.2) is 0 Å². The number of ketones is 2. The van der Waals surface area contributed by atoms with E-state index in [-0.39, 0.29) is 34.2 Å². The van der Waals surface area contributed by atoms with Crippen LogP contribution in [0.15, 0.2) is 40.9 Å². The van der Waals surface area contributed by atoms with E-state index in [0.29, 0.717) is 55.6 Å². The molecule has 0 bridgehead atoms. The molecule has 0 saturated heterocycles. The molecule has 0 spiro atoms. The van der Waals surface area contributed by atoms with Gasteiger partial charge in [0, 0.05) is 42.7 Å². The van der Waals surface area contributed by atoms with Gasteiger partial charge in [-0.1, -0.05) is 6.07 Å².